The summed E-state index contributed by atoms with van der Waals surface area (Å²) in [4.78, 5) is 18.3. The lowest BCUT2D eigenvalue weighted by Gasteiger charge is -2.17. The molecule has 2 heterocycles. The number of H-pyrrole nitrogens is 1. The van der Waals surface area contributed by atoms with Gasteiger partial charge in [0.15, 0.2) is 11.5 Å². The normalized spacial score (nSPS) is 10.4. The molecule has 1 aromatic carbocycles. The van der Waals surface area contributed by atoms with Gasteiger partial charge in [0.1, 0.15) is 18.0 Å². The maximum Gasteiger partial charge on any atom is 0.271 e. The van der Waals surface area contributed by atoms with Crippen molar-refractivity contribution in [2.45, 2.75) is 0 Å². The zero-order valence-corrected chi connectivity index (χ0v) is 14.7. The summed E-state index contributed by atoms with van der Waals surface area (Å²) in [6.07, 6.45) is 1.69. The molecule has 1 N–H and O–H groups in total. The fourth-order valence-corrected chi connectivity index (χ4v) is 2.41. The standard InChI is InChI=1S/C19H20N4O3/c1-23(11-12-26-18-9-4-3-8-17(18)25-2)19(24)16-13-15(21-22-16)14-7-5-6-10-20-14/h3-10,13H,11-12H2,1-2H3,(H,21,22). The number of amides is 1. The van der Waals surface area contributed by atoms with Crippen LogP contribution in [0.2, 0.25) is 0 Å². The maximum absolute atomic E-state index is 12.5. The molecule has 0 aliphatic carbocycles. The highest BCUT2D eigenvalue weighted by atomic mass is 16.5. The van der Waals surface area contributed by atoms with Crippen molar-refractivity contribution < 1.29 is 14.3 Å². The van der Waals surface area contributed by atoms with Gasteiger partial charge < -0.3 is 14.4 Å². The molecule has 3 rings (SSSR count). The summed E-state index contributed by atoms with van der Waals surface area (Å²) in [6.45, 7) is 0.776. The van der Waals surface area contributed by atoms with E-state index in [1.165, 1.54) is 0 Å². The number of benzene rings is 1. The van der Waals surface area contributed by atoms with Crippen molar-refractivity contribution in [3.8, 4) is 22.9 Å². The molecule has 0 saturated carbocycles. The number of pyridine rings is 1. The van der Waals surface area contributed by atoms with E-state index in [1.807, 2.05) is 42.5 Å². The van der Waals surface area contributed by atoms with Gasteiger partial charge >= 0.3 is 0 Å². The Labute approximate surface area is 151 Å². The number of nitrogens with one attached hydrogen (secondary N) is 1. The van der Waals surface area contributed by atoms with E-state index >= 15 is 0 Å². The number of hydrogen-bond donors (Lipinski definition) is 1. The number of aromatic nitrogens is 3. The Morgan fingerprint density at radius 2 is 1.88 bits per heavy atom. The van der Waals surface area contributed by atoms with Gasteiger partial charge in [0, 0.05) is 13.2 Å². The minimum atomic E-state index is -0.164. The zero-order chi connectivity index (χ0) is 18.4. The van der Waals surface area contributed by atoms with Crippen LogP contribution in [0.4, 0.5) is 0 Å². The lowest BCUT2D eigenvalue weighted by Crippen LogP contribution is -2.31. The highest BCUT2D eigenvalue weighted by Gasteiger charge is 2.16. The van der Waals surface area contributed by atoms with Crippen LogP contribution >= 0.6 is 0 Å². The Hall–Kier alpha value is -3.35. The number of rotatable bonds is 7. The van der Waals surface area contributed by atoms with E-state index in [1.54, 1.807) is 31.3 Å². The van der Waals surface area contributed by atoms with E-state index in [0.717, 1.165) is 0 Å². The molecule has 0 fully saturated rings. The second-order valence-electron chi connectivity index (χ2n) is 5.61. The second kappa shape index (κ2) is 8.15. The average molecular weight is 352 g/mol. The molecular formula is C19H20N4O3. The molecular weight excluding hydrogens is 332 g/mol. The topological polar surface area (TPSA) is 80.3 Å². The number of carbonyl (C=O) groups excluding carboxylic acids is 1. The molecule has 134 valence electrons. The Morgan fingerprint density at radius 3 is 2.62 bits per heavy atom. The highest BCUT2D eigenvalue weighted by Crippen LogP contribution is 2.25. The van der Waals surface area contributed by atoms with Crippen molar-refractivity contribution in [1.82, 2.24) is 20.1 Å². The fourth-order valence-electron chi connectivity index (χ4n) is 2.41. The summed E-state index contributed by atoms with van der Waals surface area (Å²) in [5.41, 5.74) is 1.75. The third-order valence-electron chi connectivity index (χ3n) is 3.84. The van der Waals surface area contributed by atoms with Crippen LogP contribution in [0.25, 0.3) is 11.4 Å². The molecule has 7 nitrogen and oxygen atoms in total. The van der Waals surface area contributed by atoms with Crippen LogP contribution in [0.5, 0.6) is 11.5 Å². The van der Waals surface area contributed by atoms with Crippen molar-refractivity contribution in [3.63, 3.8) is 0 Å². The first-order valence-electron chi connectivity index (χ1n) is 8.17. The van der Waals surface area contributed by atoms with E-state index in [9.17, 15) is 4.79 Å². The van der Waals surface area contributed by atoms with Crippen molar-refractivity contribution in [1.29, 1.82) is 0 Å². The van der Waals surface area contributed by atoms with Crippen molar-refractivity contribution in [3.05, 3.63) is 60.4 Å². The first-order chi connectivity index (χ1) is 12.7. The first kappa shape index (κ1) is 17.5. The van der Waals surface area contributed by atoms with Crippen LogP contribution in [0.15, 0.2) is 54.7 Å². The van der Waals surface area contributed by atoms with Gasteiger partial charge in [0.05, 0.1) is 19.3 Å². The van der Waals surface area contributed by atoms with E-state index in [2.05, 4.69) is 15.2 Å². The number of carbonyl (C=O) groups is 1. The lowest BCUT2D eigenvalue weighted by atomic mass is 10.2. The van der Waals surface area contributed by atoms with Gasteiger partial charge in [-0.05, 0) is 30.3 Å². The van der Waals surface area contributed by atoms with Crippen molar-refractivity contribution in [2.24, 2.45) is 0 Å². The number of para-hydroxylation sites is 2. The third kappa shape index (κ3) is 4.00. The van der Waals surface area contributed by atoms with E-state index < -0.39 is 0 Å². The molecule has 0 spiro atoms. The van der Waals surface area contributed by atoms with E-state index in [0.29, 0.717) is 41.7 Å². The summed E-state index contributed by atoms with van der Waals surface area (Å²) < 4.78 is 10.9. The Bertz CT molecular complexity index is 864. The Kier molecular flexibility index (Phi) is 5.48. The fraction of sp³-hybridized carbons (Fsp3) is 0.211. The van der Waals surface area contributed by atoms with Crippen LogP contribution in [-0.4, -0.2) is 53.3 Å². The molecule has 1 amide bonds. The molecule has 0 aliphatic heterocycles. The molecule has 0 bridgehead atoms. The number of methoxy groups -OCH3 is 1. The molecule has 0 radical (unpaired) electrons. The third-order valence-corrected chi connectivity index (χ3v) is 3.84. The summed E-state index contributed by atoms with van der Waals surface area (Å²) in [6, 6.07) is 14.6. The minimum Gasteiger partial charge on any atom is -0.493 e. The zero-order valence-electron chi connectivity index (χ0n) is 14.7. The predicted molar refractivity (Wildman–Crippen MR) is 97.3 cm³/mol. The van der Waals surface area contributed by atoms with Gasteiger partial charge in [-0.2, -0.15) is 5.10 Å². The molecule has 0 saturated heterocycles. The number of hydrogen-bond acceptors (Lipinski definition) is 5. The number of likely N-dealkylation sites (N-methyl/N-ethyl adjacent to an activating group) is 1. The largest absolute Gasteiger partial charge is 0.493 e. The monoisotopic (exact) mass is 352 g/mol. The average Bonchev–Trinajstić information content (AvgIpc) is 3.18. The molecule has 0 unspecified atom stereocenters. The van der Waals surface area contributed by atoms with Gasteiger partial charge in [0.25, 0.3) is 5.91 Å². The van der Waals surface area contributed by atoms with Gasteiger partial charge in [-0.15, -0.1) is 0 Å². The lowest BCUT2D eigenvalue weighted by molar-refractivity contribution is 0.0767. The van der Waals surface area contributed by atoms with Gasteiger partial charge in [-0.25, -0.2) is 0 Å². The number of aromatic amines is 1. The second-order valence-corrected chi connectivity index (χ2v) is 5.61. The quantitative estimate of drug-likeness (QED) is 0.707. The molecule has 0 aliphatic rings. The molecule has 0 atom stereocenters. The van der Waals surface area contributed by atoms with Crippen LogP contribution in [0.3, 0.4) is 0 Å². The minimum absolute atomic E-state index is 0.164. The molecule has 2 aromatic heterocycles. The highest BCUT2D eigenvalue weighted by molar-refractivity contribution is 5.93. The van der Waals surface area contributed by atoms with E-state index in [-0.39, 0.29) is 5.91 Å². The van der Waals surface area contributed by atoms with Crippen LogP contribution in [0, 0.1) is 0 Å². The van der Waals surface area contributed by atoms with Crippen LogP contribution in [0.1, 0.15) is 10.5 Å². The number of nitrogens with zero attached hydrogens (tertiary/aromatic N) is 3. The summed E-state index contributed by atoms with van der Waals surface area (Å²) in [5, 5.41) is 6.93. The van der Waals surface area contributed by atoms with Gasteiger partial charge in [-0.1, -0.05) is 18.2 Å². The Balaban J connectivity index is 1.57. The van der Waals surface area contributed by atoms with Gasteiger partial charge in [-0.3, -0.25) is 14.9 Å². The van der Waals surface area contributed by atoms with Gasteiger partial charge in [0.2, 0.25) is 0 Å². The van der Waals surface area contributed by atoms with Crippen LogP contribution < -0.4 is 9.47 Å². The molecule has 7 heteroatoms. The van der Waals surface area contributed by atoms with E-state index in [4.69, 9.17) is 9.47 Å². The first-order valence-corrected chi connectivity index (χ1v) is 8.17. The van der Waals surface area contributed by atoms with Crippen molar-refractivity contribution in [2.75, 3.05) is 27.3 Å². The number of ether oxygens (including phenoxy) is 2. The smallest absolute Gasteiger partial charge is 0.271 e. The molecule has 3 aromatic rings. The summed E-state index contributed by atoms with van der Waals surface area (Å²) in [7, 11) is 3.31. The predicted octanol–water partition coefficient (Wildman–Crippen LogP) is 2.63. The summed E-state index contributed by atoms with van der Waals surface area (Å²) in [5.74, 6) is 1.15. The Morgan fingerprint density at radius 1 is 1.12 bits per heavy atom. The van der Waals surface area contributed by atoms with Crippen molar-refractivity contribution >= 4 is 5.91 Å². The maximum atomic E-state index is 12.5. The summed E-state index contributed by atoms with van der Waals surface area (Å²) >= 11 is 0. The SMILES string of the molecule is COc1ccccc1OCCN(C)C(=O)c1cc(-c2ccccn2)n[nH]1. The molecule has 26 heavy (non-hydrogen) atoms. The van der Waals surface area contributed by atoms with Crippen LogP contribution in [-0.2, 0) is 0 Å².